The van der Waals surface area contributed by atoms with Gasteiger partial charge in [0.1, 0.15) is 11.6 Å². The number of benzene rings is 4. The van der Waals surface area contributed by atoms with Crippen LogP contribution >= 0.6 is 0 Å². The van der Waals surface area contributed by atoms with E-state index >= 15 is 0 Å². The summed E-state index contributed by atoms with van der Waals surface area (Å²) in [7, 11) is 0. The number of aromatic amines is 1. The fraction of sp³-hybridized carbons (Fsp3) is 0.325. The summed E-state index contributed by atoms with van der Waals surface area (Å²) in [5, 5.41) is 9.44. The predicted octanol–water partition coefficient (Wildman–Crippen LogP) is 7.08. The zero-order valence-corrected chi connectivity index (χ0v) is 27.6. The molecule has 5 aromatic rings. The molecular weight excluding hydrogens is 586 g/mol. The Morgan fingerprint density at radius 2 is 1.47 bits per heavy atom. The Balaban J connectivity index is 1.32. The first kappa shape index (κ1) is 33.5. The first-order chi connectivity index (χ1) is 22.7. The Bertz CT molecular complexity index is 1800. The first-order valence-corrected chi connectivity index (χ1v) is 16.5. The number of rotatable bonds is 14. The van der Waals surface area contributed by atoms with Gasteiger partial charge in [0.05, 0.1) is 6.42 Å². The molecule has 0 unspecified atom stereocenters. The Labute approximate surface area is 277 Å². The Morgan fingerprint density at radius 1 is 0.766 bits per heavy atom. The van der Waals surface area contributed by atoms with Gasteiger partial charge >= 0.3 is 5.97 Å². The lowest BCUT2D eigenvalue weighted by Gasteiger charge is -2.24. The van der Waals surface area contributed by atoms with Gasteiger partial charge in [-0.15, -0.1) is 0 Å². The smallest absolute Gasteiger partial charge is 0.307 e. The second-order valence-electron chi connectivity index (χ2n) is 13.2. The van der Waals surface area contributed by atoms with Crippen LogP contribution in [0.5, 0.6) is 0 Å². The molecule has 0 aliphatic heterocycles. The standard InChI is InChI=1S/C40H45N3O4/c1-40(2,3)47-37(44)26-31(19-12-18-30-17-11-16-29-15-7-8-20-33(29)30)38(45)43-36(25-32-27-42-35-22-10-9-21-34(32)35)39(46)41-24-23-28-13-5-4-6-14-28/h4-11,13-17,20-22,27,31,36,42H,12,18-19,23-26H2,1-3H3,(H,41,46)(H,43,45)/t31-,36+/m1/s1. The number of fused-ring (bicyclic) bond motifs is 2. The number of carbonyl (C=O) groups excluding carboxylic acids is 3. The largest absolute Gasteiger partial charge is 0.460 e. The van der Waals surface area contributed by atoms with Crippen LogP contribution in [0.4, 0.5) is 0 Å². The quantitative estimate of drug-likeness (QED) is 0.114. The third kappa shape index (κ3) is 9.55. The lowest BCUT2D eigenvalue weighted by Crippen LogP contribution is -2.50. The van der Waals surface area contributed by atoms with Crippen molar-refractivity contribution in [3.63, 3.8) is 0 Å². The summed E-state index contributed by atoms with van der Waals surface area (Å²) in [6.45, 7) is 5.89. The van der Waals surface area contributed by atoms with Crippen molar-refractivity contribution in [2.24, 2.45) is 5.92 Å². The van der Waals surface area contributed by atoms with E-state index in [2.05, 4.69) is 39.9 Å². The summed E-state index contributed by atoms with van der Waals surface area (Å²) in [4.78, 5) is 43.9. The van der Waals surface area contributed by atoms with E-state index in [0.717, 1.165) is 28.5 Å². The van der Waals surface area contributed by atoms with Gasteiger partial charge in [-0.2, -0.15) is 0 Å². The number of aryl methyl sites for hydroxylation is 1. The first-order valence-electron chi connectivity index (χ1n) is 16.5. The molecule has 5 rings (SSSR count). The zero-order valence-electron chi connectivity index (χ0n) is 27.6. The van der Waals surface area contributed by atoms with Gasteiger partial charge in [-0.1, -0.05) is 91.0 Å². The second kappa shape index (κ2) is 15.6. The molecule has 7 nitrogen and oxygen atoms in total. The molecule has 1 aromatic heterocycles. The van der Waals surface area contributed by atoms with Crippen LogP contribution in [0.25, 0.3) is 21.7 Å². The molecule has 0 spiro atoms. The van der Waals surface area contributed by atoms with Gasteiger partial charge in [0, 0.05) is 36.0 Å². The summed E-state index contributed by atoms with van der Waals surface area (Å²) in [6, 6.07) is 31.6. The van der Waals surface area contributed by atoms with E-state index in [9.17, 15) is 14.4 Å². The van der Waals surface area contributed by atoms with Crippen LogP contribution in [-0.2, 0) is 38.4 Å². The summed E-state index contributed by atoms with van der Waals surface area (Å²) < 4.78 is 5.62. The van der Waals surface area contributed by atoms with Gasteiger partial charge in [0.25, 0.3) is 0 Å². The summed E-state index contributed by atoms with van der Waals surface area (Å²) in [5.74, 6) is -1.66. The van der Waals surface area contributed by atoms with Crippen molar-refractivity contribution in [2.75, 3.05) is 6.54 Å². The number of H-pyrrole nitrogens is 1. The van der Waals surface area contributed by atoms with Crippen molar-refractivity contribution in [3.05, 3.63) is 120 Å². The maximum absolute atomic E-state index is 14.0. The molecule has 47 heavy (non-hydrogen) atoms. The van der Waals surface area contributed by atoms with Crippen LogP contribution in [0.15, 0.2) is 103 Å². The van der Waals surface area contributed by atoms with Gasteiger partial charge in [-0.05, 0) is 80.0 Å². The lowest BCUT2D eigenvalue weighted by atomic mass is 9.93. The molecule has 3 N–H and O–H groups in total. The van der Waals surface area contributed by atoms with Crippen molar-refractivity contribution >= 4 is 39.5 Å². The fourth-order valence-electron chi connectivity index (χ4n) is 6.08. The highest BCUT2D eigenvalue weighted by atomic mass is 16.6. The lowest BCUT2D eigenvalue weighted by molar-refractivity contribution is -0.157. The monoisotopic (exact) mass is 631 g/mol. The van der Waals surface area contributed by atoms with Crippen LogP contribution in [-0.4, -0.2) is 41.0 Å². The van der Waals surface area contributed by atoms with Crippen molar-refractivity contribution in [1.29, 1.82) is 0 Å². The van der Waals surface area contributed by atoms with Crippen molar-refractivity contribution in [3.8, 4) is 0 Å². The average molecular weight is 632 g/mol. The highest BCUT2D eigenvalue weighted by molar-refractivity contribution is 5.91. The van der Waals surface area contributed by atoms with Crippen LogP contribution in [0.2, 0.25) is 0 Å². The van der Waals surface area contributed by atoms with E-state index in [1.165, 1.54) is 16.3 Å². The number of amides is 2. The molecule has 0 aliphatic carbocycles. The molecule has 244 valence electrons. The number of esters is 1. The molecule has 2 atom stereocenters. The minimum atomic E-state index is -0.823. The van der Waals surface area contributed by atoms with Crippen LogP contribution in [0.1, 0.15) is 56.7 Å². The van der Waals surface area contributed by atoms with Gasteiger partial charge < -0.3 is 20.4 Å². The number of nitrogens with one attached hydrogen (secondary N) is 3. The van der Waals surface area contributed by atoms with Gasteiger partial charge in [0.15, 0.2) is 0 Å². The second-order valence-corrected chi connectivity index (χ2v) is 13.2. The molecule has 0 bridgehead atoms. The third-order valence-electron chi connectivity index (χ3n) is 8.37. The number of para-hydroxylation sites is 1. The molecule has 0 saturated heterocycles. The van der Waals surface area contributed by atoms with Crippen molar-refractivity contribution < 1.29 is 19.1 Å². The zero-order chi connectivity index (χ0) is 33.2. The minimum Gasteiger partial charge on any atom is -0.460 e. The van der Waals surface area contributed by atoms with E-state index in [-0.39, 0.29) is 18.2 Å². The van der Waals surface area contributed by atoms with Crippen LogP contribution < -0.4 is 10.6 Å². The van der Waals surface area contributed by atoms with Crippen molar-refractivity contribution in [2.45, 2.75) is 70.9 Å². The van der Waals surface area contributed by atoms with Gasteiger partial charge in [0.2, 0.25) is 11.8 Å². The highest BCUT2D eigenvalue weighted by Crippen LogP contribution is 2.24. The molecule has 0 fully saturated rings. The maximum atomic E-state index is 14.0. The number of hydrogen-bond donors (Lipinski definition) is 3. The Hall–Kier alpha value is -4.91. The fourth-order valence-corrected chi connectivity index (χ4v) is 6.08. The number of hydrogen-bond acceptors (Lipinski definition) is 4. The molecule has 7 heteroatoms. The van der Waals surface area contributed by atoms with E-state index in [0.29, 0.717) is 32.2 Å². The summed E-state index contributed by atoms with van der Waals surface area (Å²) >= 11 is 0. The molecule has 2 amide bonds. The molecule has 1 heterocycles. The van der Waals surface area contributed by atoms with Crippen LogP contribution in [0.3, 0.4) is 0 Å². The number of aromatic nitrogens is 1. The van der Waals surface area contributed by atoms with Gasteiger partial charge in [-0.25, -0.2) is 0 Å². The number of ether oxygens (including phenoxy) is 1. The maximum Gasteiger partial charge on any atom is 0.307 e. The molecule has 4 aromatic carbocycles. The van der Waals surface area contributed by atoms with E-state index in [1.807, 2.05) is 99.8 Å². The van der Waals surface area contributed by atoms with E-state index < -0.39 is 23.5 Å². The molecule has 0 aliphatic rings. The van der Waals surface area contributed by atoms with Crippen molar-refractivity contribution in [1.82, 2.24) is 15.6 Å². The number of carbonyl (C=O) groups is 3. The SMILES string of the molecule is CC(C)(C)OC(=O)C[C@@H](CCCc1cccc2ccccc12)C(=O)N[C@@H](Cc1c[nH]c2ccccc12)C(=O)NCCc1ccccc1. The van der Waals surface area contributed by atoms with Crippen LogP contribution in [0, 0.1) is 5.92 Å². The molecular formula is C40H45N3O4. The third-order valence-corrected chi connectivity index (χ3v) is 8.37. The topological polar surface area (TPSA) is 100 Å². The summed E-state index contributed by atoms with van der Waals surface area (Å²) in [6.07, 6.45) is 4.75. The minimum absolute atomic E-state index is 0.0614. The predicted molar refractivity (Wildman–Crippen MR) is 188 cm³/mol. The van der Waals surface area contributed by atoms with E-state index in [1.54, 1.807) is 0 Å². The van der Waals surface area contributed by atoms with E-state index in [4.69, 9.17) is 4.74 Å². The Kier molecular flexibility index (Phi) is 11.1. The molecule has 0 saturated carbocycles. The Morgan fingerprint density at radius 3 is 2.26 bits per heavy atom. The average Bonchev–Trinajstić information content (AvgIpc) is 3.46. The highest BCUT2D eigenvalue weighted by Gasteiger charge is 2.29. The summed E-state index contributed by atoms with van der Waals surface area (Å²) in [5.41, 5.74) is 3.55. The molecule has 0 radical (unpaired) electrons. The van der Waals surface area contributed by atoms with Gasteiger partial charge in [-0.3, -0.25) is 14.4 Å². The normalized spacial score (nSPS) is 12.8.